The number of esters is 1. The van der Waals surface area contributed by atoms with E-state index in [0.717, 1.165) is 23.3 Å². The van der Waals surface area contributed by atoms with Crippen LogP contribution in [0, 0.1) is 0 Å². The molecule has 0 radical (unpaired) electrons. The van der Waals surface area contributed by atoms with Crippen molar-refractivity contribution in [3.8, 4) is 0 Å². The highest BCUT2D eigenvalue weighted by atomic mass is 32.2. The standard InChI is InChI=1S/C16H16N2O5S2/c1-10(19)18-7-5-11-3-4-12(9-13(11)18)17-25(21,22)14-6-8-24-15(14)16(20)23-2/h3-4,6,8-9,17H,5,7H2,1-2H3. The van der Waals surface area contributed by atoms with Gasteiger partial charge >= 0.3 is 5.97 Å². The highest BCUT2D eigenvalue weighted by Gasteiger charge is 2.26. The molecule has 132 valence electrons. The molecule has 3 rings (SSSR count). The molecule has 1 aliphatic rings. The maximum Gasteiger partial charge on any atom is 0.349 e. The molecular weight excluding hydrogens is 364 g/mol. The van der Waals surface area contributed by atoms with Crippen molar-refractivity contribution in [1.29, 1.82) is 0 Å². The monoisotopic (exact) mass is 380 g/mol. The third-order valence-corrected chi connectivity index (χ3v) is 6.35. The molecule has 1 aromatic heterocycles. The average Bonchev–Trinajstić information content (AvgIpc) is 3.20. The van der Waals surface area contributed by atoms with E-state index in [2.05, 4.69) is 9.46 Å². The van der Waals surface area contributed by atoms with Crippen molar-refractivity contribution < 1.29 is 22.7 Å². The third-order valence-electron chi connectivity index (χ3n) is 3.90. The fourth-order valence-electron chi connectivity index (χ4n) is 2.73. The number of fused-ring (bicyclic) bond motifs is 1. The second kappa shape index (κ2) is 6.49. The summed E-state index contributed by atoms with van der Waals surface area (Å²) in [6.07, 6.45) is 0.735. The summed E-state index contributed by atoms with van der Waals surface area (Å²) >= 11 is 0.997. The van der Waals surface area contributed by atoms with E-state index in [1.165, 1.54) is 25.5 Å². The van der Waals surface area contributed by atoms with Gasteiger partial charge in [0.2, 0.25) is 5.91 Å². The maximum atomic E-state index is 12.6. The zero-order valence-corrected chi connectivity index (χ0v) is 15.2. The molecule has 1 aliphatic heterocycles. The van der Waals surface area contributed by atoms with Gasteiger partial charge < -0.3 is 9.64 Å². The second-order valence-corrected chi connectivity index (χ2v) is 8.04. The van der Waals surface area contributed by atoms with Gasteiger partial charge in [-0.3, -0.25) is 9.52 Å². The van der Waals surface area contributed by atoms with Crippen LogP contribution in [-0.4, -0.2) is 33.9 Å². The molecule has 0 saturated carbocycles. The fraction of sp³-hybridized carbons (Fsp3) is 0.250. The number of thiophene rings is 1. The number of sulfonamides is 1. The first-order chi connectivity index (χ1) is 11.8. The molecule has 1 amide bonds. The van der Waals surface area contributed by atoms with E-state index in [9.17, 15) is 18.0 Å². The van der Waals surface area contributed by atoms with Crippen LogP contribution in [0.25, 0.3) is 0 Å². The van der Waals surface area contributed by atoms with Crippen molar-refractivity contribution in [3.63, 3.8) is 0 Å². The number of nitrogens with zero attached hydrogens (tertiary/aromatic N) is 1. The smallest absolute Gasteiger partial charge is 0.349 e. The summed E-state index contributed by atoms with van der Waals surface area (Å²) < 4.78 is 32.3. The first-order valence-corrected chi connectivity index (χ1v) is 9.79. The maximum absolute atomic E-state index is 12.6. The number of methoxy groups -OCH3 is 1. The van der Waals surface area contributed by atoms with E-state index in [1.807, 2.05) is 0 Å². The molecule has 0 saturated heterocycles. The highest BCUT2D eigenvalue weighted by molar-refractivity contribution is 7.93. The Morgan fingerprint density at radius 2 is 2.04 bits per heavy atom. The van der Waals surface area contributed by atoms with Crippen molar-refractivity contribution in [2.75, 3.05) is 23.3 Å². The Bertz CT molecular complexity index is 949. The molecule has 2 aromatic rings. The molecule has 0 unspecified atom stereocenters. The van der Waals surface area contributed by atoms with Crippen molar-refractivity contribution in [2.45, 2.75) is 18.2 Å². The molecule has 2 heterocycles. The van der Waals surface area contributed by atoms with Gasteiger partial charge in [-0.1, -0.05) is 6.07 Å². The van der Waals surface area contributed by atoms with Crippen molar-refractivity contribution in [3.05, 3.63) is 40.1 Å². The number of rotatable bonds is 4. The number of ether oxygens (including phenoxy) is 1. The average molecular weight is 380 g/mol. The van der Waals surface area contributed by atoms with Gasteiger partial charge in [-0.15, -0.1) is 11.3 Å². The normalized spacial score (nSPS) is 13.4. The van der Waals surface area contributed by atoms with E-state index in [-0.39, 0.29) is 15.7 Å². The van der Waals surface area contributed by atoms with Gasteiger partial charge in [0.1, 0.15) is 9.77 Å². The summed E-state index contributed by atoms with van der Waals surface area (Å²) in [4.78, 5) is 24.9. The molecule has 25 heavy (non-hydrogen) atoms. The quantitative estimate of drug-likeness (QED) is 0.821. The fourth-order valence-corrected chi connectivity index (χ4v) is 5.12. The largest absolute Gasteiger partial charge is 0.465 e. The summed E-state index contributed by atoms with van der Waals surface area (Å²) in [5.74, 6) is -0.795. The van der Waals surface area contributed by atoms with Crippen LogP contribution < -0.4 is 9.62 Å². The Kier molecular flexibility index (Phi) is 4.53. The second-order valence-electron chi connectivity index (χ2n) is 5.48. The number of benzene rings is 1. The van der Waals surface area contributed by atoms with Gasteiger partial charge in [0, 0.05) is 19.2 Å². The molecule has 9 heteroatoms. The zero-order chi connectivity index (χ0) is 18.2. The molecule has 0 fully saturated rings. The summed E-state index contributed by atoms with van der Waals surface area (Å²) in [5.41, 5.74) is 2.02. The molecule has 0 bridgehead atoms. The first-order valence-electron chi connectivity index (χ1n) is 7.43. The lowest BCUT2D eigenvalue weighted by molar-refractivity contribution is -0.116. The summed E-state index contributed by atoms with van der Waals surface area (Å²) in [6.45, 7) is 2.05. The molecule has 0 spiro atoms. The number of amides is 1. The summed E-state index contributed by atoms with van der Waals surface area (Å²) in [5, 5.41) is 1.51. The van der Waals surface area contributed by atoms with Crippen LogP contribution in [-0.2, 0) is 26.0 Å². The van der Waals surface area contributed by atoms with E-state index < -0.39 is 16.0 Å². The summed E-state index contributed by atoms with van der Waals surface area (Å²) in [7, 11) is -2.76. The highest BCUT2D eigenvalue weighted by Crippen LogP contribution is 2.32. The van der Waals surface area contributed by atoms with Crippen LogP contribution in [0.5, 0.6) is 0 Å². The van der Waals surface area contributed by atoms with Gasteiger partial charge in [0.25, 0.3) is 10.0 Å². The molecule has 1 aromatic carbocycles. The lowest BCUT2D eigenvalue weighted by Crippen LogP contribution is -2.25. The van der Waals surface area contributed by atoms with Crippen LogP contribution in [0.15, 0.2) is 34.5 Å². The van der Waals surface area contributed by atoms with Gasteiger partial charge in [-0.2, -0.15) is 0 Å². The van der Waals surface area contributed by atoms with Gasteiger partial charge in [-0.25, -0.2) is 13.2 Å². The summed E-state index contributed by atoms with van der Waals surface area (Å²) in [6, 6.07) is 6.43. The number of anilines is 2. The minimum Gasteiger partial charge on any atom is -0.465 e. The molecule has 1 N–H and O–H groups in total. The topological polar surface area (TPSA) is 92.8 Å². The van der Waals surface area contributed by atoms with E-state index >= 15 is 0 Å². The van der Waals surface area contributed by atoms with Crippen molar-refractivity contribution >= 4 is 44.6 Å². The predicted octanol–water partition coefficient (Wildman–Crippen LogP) is 2.24. The SMILES string of the molecule is COC(=O)c1sccc1S(=O)(=O)Nc1ccc2c(c1)N(C(C)=O)CC2. The number of hydrogen-bond donors (Lipinski definition) is 1. The minimum atomic E-state index is -3.95. The first kappa shape index (κ1) is 17.4. The van der Waals surface area contributed by atoms with Crippen LogP contribution in [0.3, 0.4) is 0 Å². The van der Waals surface area contributed by atoms with E-state index in [1.54, 1.807) is 23.1 Å². The molecular formula is C16H16N2O5S2. The number of nitrogens with one attached hydrogen (secondary N) is 1. The Labute approximate surface area is 149 Å². The van der Waals surface area contributed by atoms with Crippen LogP contribution in [0.2, 0.25) is 0 Å². The van der Waals surface area contributed by atoms with Crippen LogP contribution >= 0.6 is 11.3 Å². The minimum absolute atomic E-state index is 0.0153. The van der Waals surface area contributed by atoms with Gasteiger partial charge in [0.15, 0.2) is 0 Å². The lowest BCUT2D eigenvalue weighted by atomic mass is 10.1. The van der Waals surface area contributed by atoms with Crippen LogP contribution in [0.1, 0.15) is 22.2 Å². The van der Waals surface area contributed by atoms with Gasteiger partial charge in [-0.05, 0) is 35.6 Å². The Morgan fingerprint density at radius 1 is 1.28 bits per heavy atom. The molecule has 0 atom stereocenters. The van der Waals surface area contributed by atoms with Crippen LogP contribution in [0.4, 0.5) is 11.4 Å². The number of carbonyl (C=O) groups excluding carboxylic acids is 2. The van der Waals surface area contributed by atoms with Crippen molar-refractivity contribution in [2.24, 2.45) is 0 Å². The third kappa shape index (κ3) is 3.24. The zero-order valence-electron chi connectivity index (χ0n) is 13.6. The van der Waals surface area contributed by atoms with Crippen molar-refractivity contribution in [1.82, 2.24) is 0 Å². The molecule has 0 aliphatic carbocycles. The van der Waals surface area contributed by atoms with Gasteiger partial charge in [0.05, 0.1) is 12.8 Å². The Balaban J connectivity index is 1.93. The number of carbonyl (C=O) groups is 2. The van der Waals surface area contributed by atoms with E-state index in [0.29, 0.717) is 17.9 Å². The molecule has 7 nitrogen and oxygen atoms in total. The Hall–Kier alpha value is -2.39. The predicted molar refractivity (Wildman–Crippen MR) is 94.6 cm³/mol. The Morgan fingerprint density at radius 3 is 2.72 bits per heavy atom. The number of hydrogen-bond acceptors (Lipinski definition) is 6. The van der Waals surface area contributed by atoms with E-state index in [4.69, 9.17) is 0 Å². The lowest BCUT2D eigenvalue weighted by Gasteiger charge is -2.16.